The summed E-state index contributed by atoms with van der Waals surface area (Å²) in [6.07, 6.45) is 6.81. The number of aromatic nitrogens is 2. The molecule has 0 spiro atoms. The Bertz CT molecular complexity index is 549. The van der Waals surface area contributed by atoms with Crippen LogP contribution >= 0.6 is 15.9 Å². The summed E-state index contributed by atoms with van der Waals surface area (Å²) in [6, 6.07) is 4.11. The van der Waals surface area contributed by atoms with E-state index in [1.165, 1.54) is 25.1 Å². The fourth-order valence-corrected chi connectivity index (χ4v) is 3.12. The zero-order valence-electron chi connectivity index (χ0n) is 10.6. The Morgan fingerprint density at radius 1 is 1.39 bits per heavy atom. The van der Waals surface area contributed by atoms with Crippen LogP contribution in [-0.2, 0) is 0 Å². The third-order valence-corrected chi connectivity index (χ3v) is 4.27. The standard InChI is InChI=1S/C14H18BrN3/c1-2-17-7-3-4-11(8-17)13-10-18-9-12(15)5-6-14(18)16-13/h5-6,9-11H,2-4,7-8H2,1H3. The van der Waals surface area contributed by atoms with Gasteiger partial charge < -0.3 is 9.30 Å². The van der Waals surface area contributed by atoms with Crippen molar-refractivity contribution in [3.63, 3.8) is 0 Å². The second-order valence-electron chi connectivity index (χ2n) is 5.01. The molecule has 3 heterocycles. The zero-order valence-corrected chi connectivity index (χ0v) is 12.2. The molecule has 0 amide bonds. The Balaban J connectivity index is 1.89. The van der Waals surface area contributed by atoms with Crippen LogP contribution in [0.15, 0.2) is 29.0 Å². The van der Waals surface area contributed by atoms with E-state index >= 15 is 0 Å². The van der Waals surface area contributed by atoms with Crippen LogP contribution in [0, 0.1) is 0 Å². The van der Waals surface area contributed by atoms with Gasteiger partial charge in [-0.15, -0.1) is 0 Å². The minimum Gasteiger partial charge on any atom is -0.306 e. The first-order valence-electron chi connectivity index (χ1n) is 6.63. The Labute approximate surface area is 116 Å². The van der Waals surface area contributed by atoms with Crippen LogP contribution in [0.25, 0.3) is 5.65 Å². The lowest BCUT2D eigenvalue weighted by atomic mass is 9.95. The summed E-state index contributed by atoms with van der Waals surface area (Å²) < 4.78 is 3.21. The Morgan fingerprint density at radius 3 is 3.11 bits per heavy atom. The molecule has 18 heavy (non-hydrogen) atoms. The predicted octanol–water partition coefficient (Wildman–Crippen LogP) is 3.30. The van der Waals surface area contributed by atoms with Gasteiger partial charge in [0.15, 0.2) is 0 Å². The van der Waals surface area contributed by atoms with Gasteiger partial charge in [-0.05, 0) is 54.0 Å². The third-order valence-electron chi connectivity index (χ3n) is 3.80. The second kappa shape index (κ2) is 5.02. The molecular formula is C14H18BrN3. The molecular weight excluding hydrogens is 290 g/mol. The Kier molecular flexibility index (Phi) is 3.39. The number of piperidine rings is 1. The highest BCUT2D eigenvalue weighted by molar-refractivity contribution is 9.10. The number of halogens is 1. The molecule has 0 saturated carbocycles. The molecule has 1 aliphatic rings. The van der Waals surface area contributed by atoms with Gasteiger partial charge in [0, 0.05) is 29.3 Å². The van der Waals surface area contributed by atoms with Crippen molar-refractivity contribution in [2.45, 2.75) is 25.7 Å². The molecule has 0 N–H and O–H groups in total. The van der Waals surface area contributed by atoms with E-state index in [-0.39, 0.29) is 0 Å². The van der Waals surface area contributed by atoms with E-state index in [1.54, 1.807) is 0 Å². The normalized spacial score (nSPS) is 21.6. The highest BCUT2D eigenvalue weighted by Gasteiger charge is 2.22. The van der Waals surface area contributed by atoms with E-state index in [0.29, 0.717) is 5.92 Å². The van der Waals surface area contributed by atoms with E-state index in [9.17, 15) is 0 Å². The number of hydrogen-bond acceptors (Lipinski definition) is 2. The molecule has 2 aromatic rings. The summed E-state index contributed by atoms with van der Waals surface area (Å²) in [5.74, 6) is 0.595. The summed E-state index contributed by atoms with van der Waals surface area (Å²) >= 11 is 3.50. The minimum absolute atomic E-state index is 0.595. The smallest absolute Gasteiger partial charge is 0.137 e. The first-order chi connectivity index (χ1) is 8.76. The van der Waals surface area contributed by atoms with Gasteiger partial charge in [0.25, 0.3) is 0 Å². The van der Waals surface area contributed by atoms with Crippen molar-refractivity contribution < 1.29 is 0 Å². The number of nitrogens with zero attached hydrogens (tertiary/aromatic N) is 3. The SMILES string of the molecule is CCN1CCCC(c2cn3cc(Br)ccc3n2)C1. The summed E-state index contributed by atoms with van der Waals surface area (Å²) in [5, 5.41) is 0. The maximum absolute atomic E-state index is 4.76. The van der Waals surface area contributed by atoms with E-state index in [4.69, 9.17) is 4.98 Å². The van der Waals surface area contributed by atoms with Crippen LogP contribution in [0.5, 0.6) is 0 Å². The third kappa shape index (κ3) is 2.31. The molecule has 1 aliphatic heterocycles. The molecule has 3 rings (SSSR count). The highest BCUT2D eigenvalue weighted by Crippen LogP contribution is 2.26. The summed E-state index contributed by atoms with van der Waals surface area (Å²) in [4.78, 5) is 7.28. The molecule has 1 saturated heterocycles. The lowest BCUT2D eigenvalue weighted by molar-refractivity contribution is 0.216. The molecule has 1 unspecified atom stereocenters. The van der Waals surface area contributed by atoms with Crippen LogP contribution in [0.3, 0.4) is 0 Å². The lowest BCUT2D eigenvalue weighted by Crippen LogP contribution is -2.34. The fourth-order valence-electron chi connectivity index (χ4n) is 2.77. The predicted molar refractivity (Wildman–Crippen MR) is 77.0 cm³/mol. The molecule has 2 aromatic heterocycles. The average molecular weight is 308 g/mol. The Morgan fingerprint density at radius 2 is 2.28 bits per heavy atom. The lowest BCUT2D eigenvalue weighted by Gasteiger charge is -2.30. The second-order valence-corrected chi connectivity index (χ2v) is 5.93. The van der Waals surface area contributed by atoms with Crippen molar-refractivity contribution in [1.29, 1.82) is 0 Å². The van der Waals surface area contributed by atoms with Gasteiger partial charge in [-0.25, -0.2) is 4.98 Å². The number of hydrogen-bond donors (Lipinski definition) is 0. The number of pyridine rings is 1. The van der Waals surface area contributed by atoms with Crippen molar-refractivity contribution >= 4 is 21.6 Å². The number of imidazole rings is 1. The molecule has 4 heteroatoms. The monoisotopic (exact) mass is 307 g/mol. The van der Waals surface area contributed by atoms with Gasteiger partial charge >= 0.3 is 0 Å². The molecule has 1 fully saturated rings. The van der Waals surface area contributed by atoms with Gasteiger partial charge in [-0.3, -0.25) is 0 Å². The molecule has 0 aromatic carbocycles. The average Bonchev–Trinajstić information content (AvgIpc) is 2.81. The van der Waals surface area contributed by atoms with E-state index in [0.717, 1.165) is 23.2 Å². The molecule has 0 radical (unpaired) electrons. The molecule has 1 atom stereocenters. The van der Waals surface area contributed by atoms with Gasteiger partial charge in [0.2, 0.25) is 0 Å². The van der Waals surface area contributed by atoms with Crippen molar-refractivity contribution in [3.8, 4) is 0 Å². The largest absolute Gasteiger partial charge is 0.306 e. The van der Waals surface area contributed by atoms with Crippen LogP contribution in [0.1, 0.15) is 31.4 Å². The quantitative estimate of drug-likeness (QED) is 0.848. The van der Waals surface area contributed by atoms with Gasteiger partial charge in [0.1, 0.15) is 5.65 Å². The van der Waals surface area contributed by atoms with E-state index < -0.39 is 0 Å². The van der Waals surface area contributed by atoms with Crippen molar-refractivity contribution in [2.75, 3.05) is 19.6 Å². The van der Waals surface area contributed by atoms with Crippen LogP contribution in [0.2, 0.25) is 0 Å². The summed E-state index contributed by atoms with van der Waals surface area (Å²) in [7, 11) is 0. The summed E-state index contributed by atoms with van der Waals surface area (Å²) in [5.41, 5.74) is 2.29. The molecule has 0 bridgehead atoms. The maximum Gasteiger partial charge on any atom is 0.137 e. The fraction of sp³-hybridized carbons (Fsp3) is 0.500. The number of likely N-dealkylation sites (N-methyl/N-ethyl adjacent to an activating group) is 1. The minimum atomic E-state index is 0.595. The highest BCUT2D eigenvalue weighted by atomic mass is 79.9. The summed E-state index contributed by atoms with van der Waals surface area (Å²) in [6.45, 7) is 5.78. The zero-order chi connectivity index (χ0) is 12.5. The van der Waals surface area contributed by atoms with Crippen LogP contribution in [0.4, 0.5) is 0 Å². The molecule has 96 valence electrons. The first kappa shape index (κ1) is 12.2. The van der Waals surface area contributed by atoms with Crippen LogP contribution in [-0.4, -0.2) is 33.9 Å². The topological polar surface area (TPSA) is 20.5 Å². The number of likely N-dealkylation sites (tertiary alicyclic amines) is 1. The first-order valence-corrected chi connectivity index (χ1v) is 7.42. The van der Waals surface area contributed by atoms with Crippen molar-refractivity contribution in [1.82, 2.24) is 14.3 Å². The Hall–Kier alpha value is -0.870. The number of fused-ring (bicyclic) bond motifs is 1. The van der Waals surface area contributed by atoms with Gasteiger partial charge in [0.05, 0.1) is 5.69 Å². The number of rotatable bonds is 2. The van der Waals surface area contributed by atoms with Crippen molar-refractivity contribution in [2.24, 2.45) is 0 Å². The van der Waals surface area contributed by atoms with Crippen molar-refractivity contribution in [3.05, 3.63) is 34.7 Å². The van der Waals surface area contributed by atoms with Gasteiger partial charge in [-0.2, -0.15) is 0 Å². The van der Waals surface area contributed by atoms with Gasteiger partial charge in [-0.1, -0.05) is 6.92 Å². The van der Waals surface area contributed by atoms with Crippen LogP contribution < -0.4 is 0 Å². The maximum atomic E-state index is 4.76. The van der Waals surface area contributed by atoms with E-state index in [2.05, 4.69) is 50.6 Å². The molecule has 3 nitrogen and oxygen atoms in total. The molecule has 0 aliphatic carbocycles. The van der Waals surface area contributed by atoms with E-state index in [1.807, 2.05) is 6.07 Å².